The van der Waals surface area contributed by atoms with Crippen molar-refractivity contribution in [3.8, 4) is 0 Å². The Labute approximate surface area is 111 Å². The van der Waals surface area contributed by atoms with Crippen LogP contribution in [-0.2, 0) is 19.1 Å². The number of ether oxygens (including phenoxy) is 1. The van der Waals surface area contributed by atoms with Gasteiger partial charge in [0.25, 0.3) is 0 Å². The summed E-state index contributed by atoms with van der Waals surface area (Å²) in [5.74, 6) is -1.78. The molecule has 19 heavy (non-hydrogen) atoms. The molecule has 2 heterocycles. The average molecular weight is 270 g/mol. The van der Waals surface area contributed by atoms with Crippen LogP contribution in [0.15, 0.2) is 0 Å². The number of morpholine rings is 1. The molecule has 1 N–H and O–H groups in total. The molecule has 0 saturated carbocycles. The number of hydrogen-bond acceptors (Lipinski definition) is 4. The molecule has 2 atom stereocenters. The largest absolute Gasteiger partial charge is 0.480 e. The highest BCUT2D eigenvalue weighted by Gasteiger charge is 2.40. The van der Waals surface area contributed by atoms with Gasteiger partial charge in [-0.15, -0.1) is 0 Å². The number of carboxylic acid groups (broad SMARTS) is 1. The summed E-state index contributed by atoms with van der Waals surface area (Å²) in [5, 5.41) is 9.10. The summed E-state index contributed by atoms with van der Waals surface area (Å²) in [5.41, 5.74) is 0. The van der Waals surface area contributed by atoms with Crippen LogP contribution in [0.25, 0.3) is 0 Å². The quantitative estimate of drug-likeness (QED) is 0.723. The minimum absolute atomic E-state index is 0.0131. The number of carbonyl (C=O) groups is 3. The van der Waals surface area contributed by atoms with E-state index in [9.17, 15) is 14.4 Å². The van der Waals surface area contributed by atoms with Gasteiger partial charge in [0.2, 0.25) is 11.8 Å². The maximum absolute atomic E-state index is 12.4. The number of carboxylic acids is 1. The normalized spacial score (nSPS) is 27.7. The van der Waals surface area contributed by atoms with Crippen LogP contribution in [-0.4, -0.2) is 71.6 Å². The smallest absolute Gasteiger partial charge is 0.328 e. The zero-order valence-corrected chi connectivity index (χ0v) is 10.9. The molecule has 2 rings (SSSR count). The Bertz CT molecular complexity index is 398. The van der Waals surface area contributed by atoms with Crippen LogP contribution in [0.2, 0.25) is 0 Å². The second kappa shape index (κ2) is 5.56. The number of rotatable bonds is 3. The third kappa shape index (κ3) is 2.70. The number of nitrogens with zero attached hydrogens (tertiary/aromatic N) is 2. The lowest BCUT2D eigenvalue weighted by Gasteiger charge is -2.34. The molecule has 0 radical (unpaired) electrons. The van der Waals surface area contributed by atoms with Crippen molar-refractivity contribution in [1.82, 2.24) is 9.80 Å². The number of hydrogen-bond donors (Lipinski definition) is 1. The minimum Gasteiger partial charge on any atom is -0.480 e. The van der Waals surface area contributed by atoms with Crippen molar-refractivity contribution in [3.05, 3.63) is 0 Å². The van der Waals surface area contributed by atoms with Crippen LogP contribution in [0, 0.1) is 5.92 Å². The van der Waals surface area contributed by atoms with E-state index in [1.807, 2.05) is 6.92 Å². The molecule has 0 aromatic carbocycles. The molecule has 0 spiro atoms. The molecule has 2 aliphatic rings. The van der Waals surface area contributed by atoms with Gasteiger partial charge in [-0.1, -0.05) is 0 Å². The first-order chi connectivity index (χ1) is 9.04. The van der Waals surface area contributed by atoms with Crippen LogP contribution in [0.5, 0.6) is 0 Å². The summed E-state index contributed by atoms with van der Waals surface area (Å²) >= 11 is 0. The molecule has 0 aliphatic carbocycles. The summed E-state index contributed by atoms with van der Waals surface area (Å²) in [6.45, 7) is 3.45. The molecule has 2 amide bonds. The van der Waals surface area contributed by atoms with Crippen molar-refractivity contribution in [2.24, 2.45) is 5.92 Å². The predicted octanol–water partition coefficient (Wildman–Crippen LogP) is -0.833. The standard InChI is InChI=1S/C12H18N2O5/c1-2-13-6-8(5-10(13)15)11(16)14-3-4-19-7-9(14)12(17)18/h8-9H,2-7H2,1H3,(H,17,18). The highest BCUT2D eigenvalue weighted by molar-refractivity contribution is 5.91. The molecule has 7 heteroatoms. The van der Waals surface area contributed by atoms with Crippen molar-refractivity contribution >= 4 is 17.8 Å². The lowest BCUT2D eigenvalue weighted by Crippen LogP contribution is -2.54. The van der Waals surface area contributed by atoms with Gasteiger partial charge in [-0.25, -0.2) is 4.79 Å². The van der Waals surface area contributed by atoms with Gasteiger partial charge < -0.3 is 19.6 Å². The van der Waals surface area contributed by atoms with Crippen molar-refractivity contribution in [3.63, 3.8) is 0 Å². The van der Waals surface area contributed by atoms with Crippen LogP contribution in [0.3, 0.4) is 0 Å². The monoisotopic (exact) mass is 270 g/mol. The summed E-state index contributed by atoms with van der Waals surface area (Å²) in [7, 11) is 0. The number of amides is 2. The van der Waals surface area contributed by atoms with E-state index in [0.717, 1.165) is 0 Å². The first-order valence-electron chi connectivity index (χ1n) is 6.43. The Morgan fingerprint density at radius 3 is 2.79 bits per heavy atom. The van der Waals surface area contributed by atoms with Crippen molar-refractivity contribution in [1.29, 1.82) is 0 Å². The molecule has 106 valence electrons. The third-order valence-corrected chi connectivity index (χ3v) is 3.64. The number of aliphatic carboxylic acids is 1. The van der Waals surface area contributed by atoms with Gasteiger partial charge in [0.1, 0.15) is 0 Å². The maximum atomic E-state index is 12.4. The van der Waals surface area contributed by atoms with E-state index in [1.54, 1.807) is 4.90 Å². The molecular weight excluding hydrogens is 252 g/mol. The Kier molecular flexibility index (Phi) is 4.04. The molecule has 0 aromatic rings. The van der Waals surface area contributed by atoms with Gasteiger partial charge in [0.15, 0.2) is 6.04 Å². The Morgan fingerprint density at radius 2 is 2.21 bits per heavy atom. The SMILES string of the molecule is CCN1CC(C(=O)N2CCOCC2C(=O)O)CC1=O. The molecule has 2 saturated heterocycles. The van der Waals surface area contributed by atoms with Gasteiger partial charge in [-0.05, 0) is 6.92 Å². The van der Waals surface area contributed by atoms with E-state index in [2.05, 4.69) is 0 Å². The second-order valence-electron chi connectivity index (χ2n) is 4.79. The third-order valence-electron chi connectivity index (χ3n) is 3.64. The van der Waals surface area contributed by atoms with Gasteiger partial charge in [-0.3, -0.25) is 9.59 Å². The summed E-state index contributed by atoms with van der Waals surface area (Å²) in [4.78, 5) is 38.1. The van der Waals surface area contributed by atoms with E-state index in [1.165, 1.54) is 4.90 Å². The van der Waals surface area contributed by atoms with Gasteiger partial charge >= 0.3 is 5.97 Å². The zero-order chi connectivity index (χ0) is 14.0. The number of carbonyl (C=O) groups excluding carboxylic acids is 2. The molecular formula is C12H18N2O5. The fourth-order valence-corrected chi connectivity index (χ4v) is 2.55. The van der Waals surface area contributed by atoms with E-state index in [4.69, 9.17) is 9.84 Å². The van der Waals surface area contributed by atoms with E-state index in [0.29, 0.717) is 19.7 Å². The van der Waals surface area contributed by atoms with Crippen molar-refractivity contribution in [2.45, 2.75) is 19.4 Å². The number of likely N-dealkylation sites (tertiary alicyclic amines) is 1. The van der Waals surface area contributed by atoms with Gasteiger partial charge in [0, 0.05) is 26.1 Å². The van der Waals surface area contributed by atoms with Gasteiger partial charge in [-0.2, -0.15) is 0 Å². The molecule has 2 unspecified atom stereocenters. The topological polar surface area (TPSA) is 87.2 Å². The fraction of sp³-hybridized carbons (Fsp3) is 0.750. The van der Waals surface area contributed by atoms with E-state index >= 15 is 0 Å². The van der Waals surface area contributed by atoms with Gasteiger partial charge in [0.05, 0.1) is 19.1 Å². The first-order valence-corrected chi connectivity index (χ1v) is 6.43. The van der Waals surface area contributed by atoms with E-state index in [-0.39, 0.29) is 31.4 Å². The summed E-state index contributed by atoms with van der Waals surface area (Å²) < 4.78 is 5.10. The molecule has 0 aromatic heterocycles. The summed E-state index contributed by atoms with van der Waals surface area (Å²) in [6.07, 6.45) is 0.177. The molecule has 2 aliphatic heterocycles. The lowest BCUT2D eigenvalue weighted by atomic mass is 10.1. The van der Waals surface area contributed by atoms with Crippen LogP contribution >= 0.6 is 0 Å². The van der Waals surface area contributed by atoms with Crippen LogP contribution in [0.4, 0.5) is 0 Å². The molecule has 0 bridgehead atoms. The Morgan fingerprint density at radius 1 is 1.47 bits per heavy atom. The first kappa shape index (κ1) is 13.8. The fourth-order valence-electron chi connectivity index (χ4n) is 2.55. The lowest BCUT2D eigenvalue weighted by molar-refractivity contribution is -0.160. The minimum atomic E-state index is -1.07. The van der Waals surface area contributed by atoms with Crippen LogP contribution in [0.1, 0.15) is 13.3 Å². The Hall–Kier alpha value is -1.63. The molecule has 7 nitrogen and oxygen atoms in total. The maximum Gasteiger partial charge on any atom is 0.328 e. The highest BCUT2D eigenvalue weighted by Crippen LogP contribution is 2.22. The zero-order valence-electron chi connectivity index (χ0n) is 10.9. The predicted molar refractivity (Wildman–Crippen MR) is 64.3 cm³/mol. The molecule has 2 fully saturated rings. The van der Waals surface area contributed by atoms with Crippen molar-refractivity contribution in [2.75, 3.05) is 32.8 Å². The average Bonchev–Trinajstić information content (AvgIpc) is 2.79. The highest BCUT2D eigenvalue weighted by atomic mass is 16.5. The second-order valence-corrected chi connectivity index (χ2v) is 4.79. The van der Waals surface area contributed by atoms with E-state index < -0.39 is 17.9 Å². The summed E-state index contributed by atoms with van der Waals surface area (Å²) in [6, 6.07) is -0.938. The Balaban J connectivity index is 2.06. The van der Waals surface area contributed by atoms with Crippen molar-refractivity contribution < 1.29 is 24.2 Å². The van der Waals surface area contributed by atoms with Crippen LogP contribution < -0.4 is 0 Å².